The van der Waals surface area contributed by atoms with Crippen molar-refractivity contribution in [1.82, 2.24) is 10.2 Å². The molecule has 1 aliphatic heterocycles. The first-order valence-corrected chi connectivity index (χ1v) is 6.98. The third-order valence-electron chi connectivity index (χ3n) is 2.75. The minimum atomic E-state index is 0.791. The summed E-state index contributed by atoms with van der Waals surface area (Å²) < 4.78 is 0. The second-order valence-corrected chi connectivity index (χ2v) is 5.32. The van der Waals surface area contributed by atoms with Crippen LogP contribution in [0.1, 0.15) is 26.2 Å². The first kappa shape index (κ1) is 12.3. The molecule has 0 spiro atoms. The molecule has 0 amide bonds. The van der Waals surface area contributed by atoms with E-state index in [4.69, 9.17) is 0 Å². The van der Waals surface area contributed by atoms with E-state index in [9.17, 15) is 0 Å². The van der Waals surface area contributed by atoms with Crippen molar-refractivity contribution in [2.45, 2.75) is 32.2 Å². The van der Waals surface area contributed by atoms with Crippen LogP contribution >= 0.6 is 11.8 Å². The lowest BCUT2D eigenvalue weighted by Crippen LogP contribution is -2.36. The zero-order valence-electron chi connectivity index (χ0n) is 9.59. The molecule has 0 aliphatic carbocycles. The minimum Gasteiger partial charge on any atom is -0.312 e. The van der Waals surface area contributed by atoms with Gasteiger partial charge < -0.3 is 10.2 Å². The predicted molar refractivity (Wildman–Crippen MR) is 66.1 cm³/mol. The van der Waals surface area contributed by atoms with Gasteiger partial charge in [0.15, 0.2) is 0 Å². The van der Waals surface area contributed by atoms with E-state index in [0.717, 1.165) is 12.6 Å². The highest BCUT2D eigenvalue weighted by atomic mass is 32.2. The molecule has 1 fully saturated rings. The second kappa shape index (κ2) is 7.55. The predicted octanol–water partition coefficient (Wildman–Crippen LogP) is 1.81. The molecule has 1 rings (SSSR count). The topological polar surface area (TPSA) is 15.3 Å². The number of likely N-dealkylation sites (N-methyl/N-ethyl adjacent to an activating group) is 1. The molecule has 14 heavy (non-hydrogen) atoms. The molecule has 0 aromatic rings. The van der Waals surface area contributed by atoms with Crippen LogP contribution in [0.15, 0.2) is 0 Å². The number of rotatable bonds is 7. The first-order chi connectivity index (χ1) is 6.83. The fraction of sp³-hybridized carbons (Fsp3) is 1.00. The molecule has 0 aromatic heterocycles. The number of nitrogens with one attached hydrogen (secondary N) is 1. The van der Waals surface area contributed by atoms with Crippen molar-refractivity contribution in [2.24, 2.45) is 0 Å². The Morgan fingerprint density at radius 1 is 1.43 bits per heavy atom. The van der Waals surface area contributed by atoms with Crippen LogP contribution in [0.25, 0.3) is 0 Å². The Hall–Kier alpha value is 0.270. The molecule has 1 saturated heterocycles. The summed E-state index contributed by atoms with van der Waals surface area (Å²) >= 11 is 2.08. The smallest absolute Gasteiger partial charge is 0.0166 e. The van der Waals surface area contributed by atoms with E-state index in [-0.39, 0.29) is 0 Å². The van der Waals surface area contributed by atoms with Gasteiger partial charge in [0, 0.05) is 24.9 Å². The van der Waals surface area contributed by atoms with Gasteiger partial charge in [-0.15, -0.1) is 0 Å². The molecule has 1 N–H and O–H groups in total. The molecule has 0 saturated carbocycles. The lowest BCUT2D eigenvalue weighted by Gasteiger charge is -2.18. The summed E-state index contributed by atoms with van der Waals surface area (Å²) in [7, 11) is 2.22. The Labute approximate surface area is 92.8 Å². The lowest BCUT2D eigenvalue weighted by molar-refractivity contribution is 0.320. The largest absolute Gasteiger partial charge is 0.312 e. The normalized spacial score (nSPS) is 22.1. The van der Waals surface area contributed by atoms with E-state index in [2.05, 4.69) is 35.9 Å². The van der Waals surface area contributed by atoms with Gasteiger partial charge in [0.25, 0.3) is 0 Å². The van der Waals surface area contributed by atoms with E-state index in [1.54, 1.807) is 0 Å². The van der Waals surface area contributed by atoms with Gasteiger partial charge in [-0.2, -0.15) is 11.8 Å². The molecule has 1 heterocycles. The third kappa shape index (κ3) is 5.23. The van der Waals surface area contributed by atoms with Crippen molar-refractivity contribution in [1.29, 1.82) is 0 Å². The highest BCUT2D eigenvalue weighted by molar-refractivity contribution is 7.99. The van der Waals surface area contributed by atoms with Crippen molar-refractivity contribution >= 4 is 11.8 Å². The van der Waals surface area contributed by atoms with Crippen molar-refractivity contribution in [3.63, 3.8) is 0 Å². The summed E-state index contributed by atoms with van der Waals surface area (Å²) in [6.07, 6.45) is 4.00. The second-order valence-electron chi connectivity index (χ2n) is 4.17. The van der Waals surface area contributed by atoms with Crippen molar-refractivity contribution < 1.29 is 0 Å². The van der Waals surface area contributed by atoms with Gasteiger partial charge in [-0.3, -0.25) is 0 Å². The maximum Gasteiger partial charge on any atom is 0.0166 e. The Kier molecular flexibility index (Phi) is 6.65. The molecular formula is C11H24N2S. The van der Waals surface area contributed by atoms with Crippen LogP contribution in [0.4, 0.5) is 0 Å². The van der Waals surface area contributed by atoms with Gasteiger partial charge in [-0.1, -0.05) is 13.3 Å². The fourth-order valence-corrected chi connectivity index (χ4v) is 2.88. The average molecular weight is 216 g/mol. The Balaban J connectivity index is 1.91. The highest BCUT2D eigenvalue weighted by Crippen LogP contribution is 2.16. The number of unbranched alkanes of at least 4 members (excludes halogenated alkanes) is 1. The maximum atomic E-state index is 3.63. The number of nitrogens with zero attached hydrogens (tertiary/aromatic N) is 1. The summed E-state index contributed by atoms with van der Waals surface area (Å²) in [6, 6.07) is 0.791. The first-order valence-electron chi connectivity index (χ1n) is 5.82. The van der Waals surface area contributed by atoms with E-state index in [1.165, 1.54) is 43.9 Å². The van der Waals surface area contributed by atoms with Crippen LogP contribution in [-0.2, 0) is 0 Å². The molecule has 1 atom stereocenters. The summed E-state index contributed by atoms with van der Waals surface area (Å²) in [4.78, 5) is 2.43. The number of thioether (sulfide) groups is 1. The summed E-state index contributed by atoms with van der Waals surface area (Å²) in [5.41, 5.74) is 0. The van der Waals surface area contributed by atoms with Gasteiger partial charge in [0.05, 0.1) is 0 Å². The van der Waals surface area contributed by atoms with Crippen molar-refractivity contribution in [2.75, 3.05) is 38.2 Å². The van der Waals surface area contributed by atoms with Gasteiger partial charge in [-0.25, -0.2) is 0 Å². The van der Waals surface area contributed by atoms with Crippen LogP contribution in [0.3, 0.4) is 0 Å². The summed E-state index contributed by atoms with van der Waals surface area (Å²) in [5, 5.41) is 3.63. The van der Waals surface area contributed by atoms with Crippen LogP contribution in [-0.4, -0.2) is 49.1 Å². The van der Waals surface area contributed by atoms with Crippen LogP contribution in [0, 0.1) is 0 Å². The Morgan fingerprint density at radius 2 is 2.29 bits per heavy atom. The summed E-state index contributed by atoms with van der Waals surface area (Å²) in [5.74, 6) is 2.67. The van der Waals surface area contributed by atoms with Crippen LogP contribution in [0.5, 0.6) is 0 Å². The van der Waals surface area contributed by atoms with Crippen LogP contribution in [0.2, 0.25) is 0 Å². The lowest BCUT2D eigenvalue weighted by atomic mass is 10.2. The zero-order valence-corrected chi connectivity index (χ0v) is 10.4. The van der Waals surface area contributed by atoms with E-state index in [0.29, 0.717) is 0 Å². The van der Waals surface area contributed by atoms with E-state index >= 15 is 0 Å². The standard InChI is InChI=1S/C11H24N2S/c1-3-4-7-13(2)8-6-12-11-5-9-14-10-11/h11-12H,3-10H2,1-2H3. The van der Waals surface area contributed by atoms with Gasteiger partial charge >= 0.3 is 0 Å². The quantitative estimate of drug-likeness (QED) is 0.699. The molecule has 0 bridgehead atoms. The highest BCUT2D eigenvalue weighted by Gasteiger charge is 2.13. The summed E-state index contributed by atoms with van der Waals surface area (Å²) in [6.45, 7) is 5.85. The fourth-order valence-electron chi connectivity index (χ4n) is 1.69. The molecule has 3 heteroatoms. The van der Waals surface area contributed by atoms with Crippen molar-refractivity contribution in [3.05, 3.63) is 0 Å². The maximum absolute atomic E-state index is 3.63. The molecule has 1 unspecified atom stereocenters. The van der Waals surface area contributed by atoms with Crippen molar-refractivity contribution in [3.8, 4) is 0 Å². The van der Waals surface area contributed by atoms with E-state index < -0.39 is 0 Å². The SMILES string of the molecule is CCCCN(C)CCNC1CCSC1. The van der Waals surface area contributed by atoms with E-state index in [1.807, 2.05) is 0 Å². The average Bonchev–Trinajstić information content (AvgIpc) is 2.67. The Bertz CT molecular complexity index is 135. The Morgan fingerprint density at radius 3 is 2.93 bits per heavy atom. The van der Waals surface area contributed by atoms with Gasteiger partial charge in [0.2, 0.25) is 0 Å². The number of hydrogen-bond donors (Lipinski definition) is 1. The van der Waals surface area contributed by atoms with Gasteiger partial charge in [0.1, 0.15) is 0 Å². The molecular weight excluding hydrogens is 192 g/mol. The minimum absolute atomic E-state index is 0.791. The van der Waals surface area contributed by atoms with Gasteiger partial charge in [-0.05, 0) is 32.2 Å². The molecule has 0 aromatic carbocycles. The molecule has 84 valence electrons. The molecule has 0 radical (unpaired) electrons. The zero-order chi connectivity index (χ0) is 10.2. The third-order valence-corrected chi connectivity index (χ3v) is 3.91. The van der Waals surface area contributed by atoms with Crippen LogP contribution < -0.4 is 5.32 Å². The number of hydrogen-bond acceptors (Lipinski definition) is 3. The molecule has 2 nitrogen and oxygen atoms in total. The monoisotopic (exact) mass is 216 g/mol. The molecule has 1 aliphatic rings.